The lowest BCUT2D eigenvalue weighted by Crippen LogP contribution is -2.45. The van der Waals surface area contributed by atoms with Gasteiger partial charge in [-0.25, -0.2) is 0 Å². The second kappa shape index (κ2) is 5.59. The molecule has 4 nitrogen and oxygen atoms in total. The van der Waals surface area contributed by atoms with Crippen molar-refractivity contribution in [2.24, 2.45) is 5.92 Å². The van der Waals surface area contributed by atoms with Crippen LogP contribution < -0.4 is 10.6 Å². The van der Waals surface area contributed by atoms with Gasteiger partial charge >= 0.3 is 0 Å². The van der Waals surface area contributed by atoms with Crippen LogP contribution in [-0.4, -0.2) is 49.3 Å². The monoisotopic (exact) mass is 258 g/mol. The highest BCUT2D eigenvalue weighted by Gasteiger charge is 2.35. The third-order valence-corrected chi connectivity index (χ3v) is 5.26. The van der Waals surface area contributed by atoms with Crippen molar-refractivity contribution in [2.75, 3.05) is 32.6 Å². The van der Waals surface area contributed by atoms with Crippen molar-refractivity contribution >= 4 is 17.7 Å². The van der Waals surface area contributed by atoms with Gasteiger partial charge in [0.1, 0.15) is 0 Å². The van der Waals surface area contributed by atoms with E-state index in [0.29, 0.717) is 13.2 Å². The molecule has 0 saturated carbocycles. The summed E-state index contributed by atoms with van der Waals surface area (Å²) in [7, 11) is 1.88. The lowest BCUT2D eigenvalue weighted by atomic mass is 10.0. The second-order valence-corrected chi connectivity index (χ2v) is 6.84. The zero-order chi connectivity index (χ0) is 12.3. The highest BCUT2D eigenvalue weighted by molar-refractivity contribution is 8.00. The first-order valence-corrected chi connectivity index (χ1v) is 7.30. The topological polar surface area (TPSA) is 50.4 Å². The number of carbonyl (C=O) groups is 1. The van der Waals surface area contributed by atoms with Crippen LogP contribution in [-0.2, 0) is 9.53 Å². The van der Waals surface area contributed by atoms with E-state index in [1.165, 1.54) is 18.6 Å². The van der Waals surface area contributed by atoms with Crippen molar-refractivity contribution in [3.63, 3.8) is 0 Å². The van der Waals surface area contributed by atoms with Crippen molar-refractivity contribution in [1.82, 2.24) is 10.6 Å². The van der Waals surface area contributed by atoms with Gasteiger partial charge in [-0.05, 0) is 32.6 Å². The van der Waals surface area contributed by atoms with E-state index >= 15 is 0 Å². The first-order chi connectivity index (χ1) is 8.14. The number of nitrogens with one attached hydrogen (secondary N) is 2. The van der Waals surface area contributed by atoms with E-state index in [4.69, 9.17) is 4.74 Å². The fraction of sp³-hybridized carbons (Fsp3) is 0.917. The fourth-order valence-electron chi connectivity index (χ4n) is 2.48. The van der Waals surface area contributed by atoms with Crippen LogP contribution in [0.15, 0.2) is 0 Å². The second-order valence-electron chi connectivity index (χ2n) is 5.16. The smallest absolute Gasteiger partial charge is 0.227 e. The molecular weight excluding hydrogens is 236 g/mol. The third-order valence-electron chi connectivity index (χ3n) is 3.73. The molecule has 0 aliphatic carbocycles. The van der Waals surface area contributed by atoms with Crippen LogP contribution in [0.2, 0.25) is 0 Å². The van der Waals surface area contributed by atoms with Gasteiger partial charge < -0.3 is 15.4 Å². The number of amides is 1. The van der Waals surface area contributed by atoms with Gasteiger partial charge in [0.15, 0.2) is 0 Å². The molecule has 0 aromatic heterocycles. The molecule has 2 aliphatic rings. The van der Waals surface area contributed by atoms with Gasteiger partial charge in [-0.3, -0.25) is 4.79 Å². The fourth-order valence-corrected chi connectivity index (χ4v) is 3.72. The maximum atomic E-state index is 12.1. The number of hydrogen-bond acceptors (Lipinski definition) is 4. The van der Waals surface area contributed by atoms with Crippen LogP contribution in [0, 0.1) is 5.92 Å². The van der Waals surface area contributed by atoms with Crippen LogP contribution in [0.25, 0.3) is 0 Å². The Morgan fingerprint density at radius 1 is 1.53 bits per heavy atom. The Labute approximate surface area is 107 Å². The van der Waals surface area contributed by atoms with E-state index in [1.807, 2.05) is 18.8 Å². The number of hydrogen-bond donors (Lipinski definition) is 2. The van der Waals surface area contributed by atoms with Crippen molar-refractivity contribution in [2.45, 2.75) is 30.6 Å². The van der Waals surface area contributed by atoms with Crippen LogP contribution in [0.4, 0.5) is 0 Å². The van der Waals surface area contributed by atoms with E-state index in [0.717, 1.165) is 6.54 Å². The standard InChI is InChI=1S/C12H22N2O2S/c1-12(4-3-5-17-12)8-14-11(15)9-6-16-7-10(9)13-2/h9-10,13H,3-8H2,1-2H3,(H,14,15). The van der Waals surface area contributed by atoms with Gasteiger partial charge in [0, 0.05) is 17.3 Å². The van der Waals surface area contributed by atoms with Crippen LogP contribution in [0.5, 0.6) is 0 Å². The van der Waals surface area contributed by atoms with Gasteiger partial charge in [-0.1, -0.05) is 0 Å². The summed E-state index contributed by atoms with van der Waals surface area (Å²) in [5.74, 6) is 1.32. The Morgan fingerprint density at radius 2 is 2.35 bits per heavy atom. The van der Waals surface area contributed by atoms with Crippen LogP contribution in [0.3, 0.4) is 0 Å². The molecule has 0 bridgehead atoms. The van der Waals surface area contributed by atoms with Crippen molar-refractivity contribution < 1.29 is 9.53 Å². The van der Waals surface area contributed by atoms with E-state index < -0.39 is 0 Å². The first-order valence-electron chi connectivity index (χ1n) is 6.31. The largest absolute Gasteiger partial charge is 0.379 e. The Morgan fingerprint density at radius 3 is 3.00 bits per heavy atom. The molecule has 1 amide bonds. The van der Waals surface area contributed by atoms with Gasteiger partial charge in [0.05, 0.1) is 19.1 Å². The van der Waals surface area contributed by atoms with E-state index in [9.17, 15) is 4.79 Å². The molecule has 2 N–H and O–H groups in total. The van der Waals surface area contributed by atoms with Gasteiger partial charge in [0.25, 0.3) is 0 Å². The zero-order valence-corrected chi connectivity index (χ0v) is 11.4. The predicted molar refractivity (Wildman–Crippen MR) is 70.3 cm³/mol. The summed E-state index contributed by atoms with van der Waals surface area (Å²) in [6.45, 7) is 4.21. The molecule has 17 heavy (non-hydrogen) atoms. The summed E-state index contributed by atoms with van der Waals surface area (Å²) in [6, 6.07) is 0.166. The average Bonchev–Trinajstić information content (AvgIpc) is 2.95. The maximum Gasteiger partial charge on any atom is 0.227 e. The van der Waals surface area contributed by atoms with E-state index in [2.05, 4.69) is 17.6 Å². The van der Waals surface area contributed by atoms with Crippen molar-refractivity contribution in [3.05, 3.63) is 0 Å². The highest BCUT2D eigenvalue weighted by Crippen LogP contribution is 2.37. The number of ether oxygens (including phenoxy) is 1. The quantitative estimate of drug-likeness (QED) is 0.776. The molecule has 2 heterocycles. The molecule has 5 heteroatoms. The number of thioether (sulfide) groups is 1. The molecular formula is C12H22N2O2S. The average molecular weight is 258 g/mol. The number of likely N-dealkylation sites (N-methyl/N-ethyl adjacent to an activating group) is 1. The molecule has 0 aromatic rings. The molecule has 0 aromatic carbocycles. The lowest BCUT2D eigenvalue weighted by Gasteiger charge is -2.24. The molecule has 3 atom stereocenters. The van der Waals surface area contributed by atoms with E-state index in [-0.39, 0.29) is 22.6 Å². The molecule has 2 aliphatic heterocycles. The summed E-state index contributed by atoms with van der Waals surface area (Å²) in [6.07, 6.45) is 2.47. The molecule has 2 fully saturated rings. The van der Waals surface area contributed by atoms with Crippen LogP contribution in [0.1, 0.15) is 19.8 Å². The Bertz CT molecular complexity index is 280. The normalized spacial score (nSPS) is 37.3. The summed E-state index contributed by atoms with van der Waals surface area (Å²) < 4.78 is 5.59. The molecule has 3 unspecified atom stereocenters. The Balaban J connectivity index is 1.80. The molecule has 2 saturated heterocycles. The minimum atomic E-state index is -0.0324. The lowest BCUT2D eigenvalue weighted by molar-refractivity contribution is -0.125. The molecule has 2 rings (SSSR count). The van der Waals surface area contributed by atoms with Gasteiger partial charge in [-0.15, -0.1) is 0 Å². The predicted octanol–water partition coefficient (Wildman–Crippen LogP) is 0.623. The molecule has 98 valence electrons. The summed E-state index contributed by atoms with van der Waals surface area (Å²) >= 11 is 1.97. The van der Waals surface area contributed by atoms with Gasteiger partial charge in [-0.2, -0.15) is 11.8 Å². The highest BCUT2D eigenvalue weighted by atomic mass is 32.2. The minimum absolute atomic E-state index is 0.0324. The van der Waals surface area contributed by atoms with E-state index in [1.54, 1.807) is 0 Å². The zero-order valence-electron chi connectivity index (χ0n) is 10.6. The first kappa shape index (κ1) is 13.2. The van der Waals surface area contributed by atoms with Crippen molar-refractivity contribution in [1.29, 1.82) is 0 Å². The molecule has 0 spiro atoms. The molecule has 0 radical (unpaired) electrons. The third kappa shape index (κ3) is 3.14. The maximum absolute atomic E-state index is 12.1. The Hall–Kier alpha value is -0.260. The Kier molecular flexibility index (Phi) is 4.33. The van der Waals surface area contributed by atoms with Crippen LogP contribution >= 0.6 is 11.8 Å². The minimum Gasteiger partial charge on any atom is -0.379 e. The summed E-state index contributed by atoms with van der Waals surface area (Å²) in [4.78, 5) is 12.1. The SMILES string of the molecule is CNC1COCC1C(=O)NCC1(C)CCCS1. The summed E-state index contributed by atoms with van der Waals surface area (Å²) in [5.41, 5.74) is 0. The summed E-state index contributed by atoms with van der Waals surface area (Å²) in [5, 5.41) is 6.23. The van der Waals surface area contributed by atoms with Gasteiger partial charge in [0.2, 0.25) is 5.91 Å². The number of carbonyl (C=O) groups excluding carboxylic acids is 1. The van der Waals surface area contributed by atoms with Crippen molar-refractivity contribution in [3.8, 4) is 0 Å². The number of rotatable bonds is 4.